The summed E-state index contributed by atoms with van der Waals surface area (Å²) in [6.45, 7) is 2.69. The third-order valence-corrected chi connectivity index (χ3v) is 4.68. The predicted octanol–water partition coefficient (Wildman–Crippen LogP) is 2.86. The van der Waals surface area contributed by atoms with Gasteiger partial charge in [-0.3, -0.25) is 14.7 Å². The number of nitrogens with one attached hydrogen (secondary N) is 2. The Morgan fingerprint density at radius 3 is 2.48 bits per heavy atom. The predicted molar refractivity (Wildman–Crippen MR) is 85.8 cm³/mol. The second-order valence-corrected chi connectivity index (χ2v) is 6.76. The van der Waals surface area contributed by atoms with E-state index in [9.17, 15) is 8.42 Å². The molecule has 2 rings (SSSR count). The molecule has 0 aromatic carbocycles. The van der Waals surface area contributed by atoms with Crippen molar-refractivity contribution < 1.29 is 8.42 Å². The lowest BCUT2D eigenvalue weighted by atomic mass is 10.4. The number of nitrogens with zero attached hydrogens (tertiary/aromatic N) is 2. The van der Waals surface area contributed by atoms with Gasteiger partial charge in [0.2, 0.25) is 0 Å². The van der Waals surface area contributed by atoms with Crippen LogP contribution >= 0.6 is 15.9 Å². The zero-order valence-electron chi connectivity index (χ0n) is 11.4. The molecule has 6 nitrogen and oxygen atoms in total. The van der Waals surface area contributed by atoms with Gasteiger partial charge in [0.15, 0.2) is 0 Å². The lowest BCUT2D eigenvalue weighted by Gasteiger charge is -2.13. The molecule has 0 fully saturated rings. The van der Waals surface area contributed by atoms with Crippen LogP contribution in [0.25, 0.3) is 0 Å². The Bertz CT molecular complexity index is 722. The maximum atomic E-state index is 12.5. The number of hydrogen-bond acceptors (Lipinski definition) is 5. The van der Waals surface area contributed by atoms with Crippen LogP contribution in [0.5, 0.6) is 0 Å². The molecule has 2 aromatic heterocycles. The van der Waals surface area contributed by atoms with Crippen LogP contribution in [0.3, 0.4) is 0 Å². The SMILES string of the molecule is CCCNc1ccncc1S(=O)(=O)Nc1ccncc1Br. The van der Waals surface area contributed by atoms with E-state index >= 15 is 0 Å². The number of pyridine rings is 2. The highest BCUT2D eigenvalue weighted by atomic mass is 79.9. The molecule has 0 aliphatic carbocycles. The standard InChI is InChI=1S/C13H15BrN4O2S/c1-2-5-17-12-4-7-16-9-13(12)21(19,20)18-11-3-6-15-8-10(11)14/h3-4,6-9H,2,5H2,1H3,(H,15,18)(H,16,17). The Morgan fingerprint density at radius 2 is 1.81 bits per heavy atom. The minimum Gasteiger partial charge on any atom is -0.384 e. The highest BCUT2D eigenvalue weighted by molar-refractivity contribution is 9.10. The fraction of sp³-hybridized carbons (Fsp3) is 0.231. The molecule has 2 N–H and O–H groups in total. The molecule has 0 unspecified atom stereocenters. The molecular formula is C13H15BrN4O2S. The van der Waals surface area contributed by atoms with E-state index in [1.54, 1.807) is 18.3 Å². The summed E-state index contributed by atoms with van der Waals surface area (Å²) in [5.74, 6) is 0. The molecule has 0 saturated heterocycles. The molecule has 0 aliphatic rings. The van der Waals surface area contributed by atoms with Crippen LogP contribution in [-0.2, 0) is 10.0 Å². The Morgan fingerprint density at radius 1 is 1.14 bits per heavy atom. The normalized spacial score (nSPS) is 11.1. The van der Waals surface area contributed by atoms with E-state index in [1.165, 1.54) is 18.6 Å². The summed E-state index contributed by atoms with van der Waals surface area (Å²) in [5, 5.41) is 3.09. The van der Waals surface area contributed by atoms with Crippen LogP contribution < -0.4 is 10.0 Å². The van der Waals surface area contributed by atoms with Gasteiger partial charge >= 0.3 is 0 Å². The van der Waals surface area contributed by atoms with Gasteiger partial charge in [-0.1, -0.05) is 6.92 Å². The van der Waals surface area contributed by atoms with Crippen molar-refractivity contribution in [3.05, 3.63) is 41.4 Å². The minimum absolute atomic E-state index is 0.113. The zero-order chi connectivity index (χ0) is 15.3. The van der Waals surface area contributed by atoms with Crippen LogP contribution in [0.15, 0.2) is 46.3 Å². The molecule has 112 valence electrons. The van der Waals surface area contributed by atoms with Gasteiger partial charge in [0, 0.05) is 31.3 Å². The van der Waals surface area contributed by atoms with E-state index in [4.69, 9.17) is 0 Å². The lowest BCUT2D eigenvalue weighted by molar-refractivity contribution is 0.601. The summed E-state index contributed by atoms with van der Waals surface area (Å²) in [5.41, 5.74) is 0.958. The first-order valence-corrected chi connectivity index (χ1v) is 8.62. The van der Waals surface area contributed by atoms with Gasteiger partial charge in [0.1, 0.15) is 4.90 Å². The van der Waals surface area contributed by atoms with E-state index in [0.717, 1.165) is 6.42 Å². The zero-order valence-corrected chi connectivity index (χ0v) is 13.8. The van der Waals surface area contributed by atoms with Crippen LogP contribution in [-0.4, -0.2) is 24.9 Å². The van der Waals surface area contributed by atoms with Gasteiger partial charge in [-0.2, -0.15) is 0 Å². The molecule has 0 atom stereocenters. The summed E-state index contributed by atoms with van der Waals surface area (Å²) in [7, 11) is -3.73. The highest BCUT2D eigenvalue weighted by Gasteiger charge is 2.19. The van der Waals surface area contributed by atoms with Crippen LogP contribution in [0.1, 0.15) is 13.3 Å². The molecule has 0 spiro atoms. The number of rotatable bonds is 6. The van der Waals surface area contributed by atoms with Crippen molar-refractivity contribution in [2.75, 3.05) is 16.6 Å². The molecule has 8 heteroatoms. The first-order valence-electron chi connectivity index (χ1n) is 6.35. The highest BCUT2D eigenvalue weighted by Crippen LogP contribution is 2.26. The average molecular weight is 371 g/mol. The third kappa shape index (κ3) is 3.92. The summed E-state index contributed by atoms with van der Waals surface area (Å²) in [6.07, 6.45) is 6.82. The van der Waals surface area contributed by atoms with Gasteiger partial charge in [0.25, 0.3) is 10.0 Å². The molecule has 0 radical (unpaired) electrons. The molecule has 0 saturated carbocycles. The summed E-state index contributed by atoms with van der Waals surface area (Å²) in [4.78, 5) is 7.91. The Balaban J connectivity index is 2.34. The molecule has 0 bridgehead atoms. The molecule has 2 aromatic rings. The summed E-state index contributed by atoms with van der Waals surface area (Å²) >= 11 is 3.26. The lowest BCUT2D eigenvalue weighted by Crippen LogP contribution is -2.16. The van der Waals surface area contributed by atoms with E-state index in [-0.39, 0.29) is 4.90 Å². The molecular weight excluding hydrogens is 356 g/mol. The summed E-state index contributed by atoms with van der Waals surface area (Å²) in [6, 6.07) is 3.23. The van der Waals surface area contributed by atoms with Crippen LogP contribution in [0.4, 0.5) is 11.4 Å². The maximum Gasteiger partial charge on any atom is 0.265 e. The van der Waals surface area contributed by atoms with E-state index < -0.39 is 10.0 Å². The summed E-state index contributed by atoms with van der Waals surface area (Å²) < 4.78 is 28.1. The molecule has 21 heavy (non-hydrogen) atoms. The second-order valence-electron chi connectivity index (χ2n) is 4.26. The Kier molecular flexibility index (Phi) is 5.13. The molecule has 0 aliphatic heterocycles. The minimum atomic E-state index is -3.73. The van der Waals surface area contributed by atoms with E-state index in [0.29, 0.717) is 22.4 Å². The Labute approximate surface area is 132 Å². The maximum absolute atomic E-state index is 12.5. The largest absolute Gasteiger partial charge is 0.384 e. The van der Waals surface area contributed by atoms with Gasteiger partial charge < -0.3 is 5.32 Å². The van der Waals surface area contributed by atoms with Gasteiger partial charge in [-0.25, -0.2) is 8.42 Å². The Hall–Kier alpha value is -1.67. The fourth-order valence-electron chi connectivity index (χ4n) is 1.66. The van der Waals surface area contributed by atoms with Gasteiger partial charge in [-0.15, -0.1) is 0 Å². The van der Waals surface area contributed by atoms with Crippen LogP contribution in [0.2, 0.25) is 0 Å². The first-order chi connectivity index (χ1) is 10.0. The van der Waals surface area contributed by atoms with Gasteiger partial charge in [0.05, 0.1) is 15.8 Å². The van der Waals surface area contributed by atoms with E-state index in [2.05, 4.69) is 35.9 Å². The second kappa shape index (κ2) is 6.86. The smallest absolute Gasteiger partial charge is 0.265 e. The average Bonchev–Trinajstić information content (AvgIpc) is 2.47. The molecule has 0 amide bonds. The van der Waals surface area contributed by atoms with Crippen molar-refractivity contribution in [1.82, 2.24) is 9.97 Å². The van der Waals surface area contributed by atoms with Crippen molar-refractivity contribution in [3.8, 4) is 0 Å². The number of hydrogen-bond donors (Lipinski definition) is 2. The number of sulfonamides is 1. The third-order valence-electron chi connectivity index (χ3n) is 2.66. The van der Waals surface area contributed by atoms with Crippen molar-refractivity contribution in [3.63, 3.8) is 0 Å². The van der Waals surface area contributed by atoms with Crippen molar-refractivity contribution in [2.24, 2.45) is 0 Å². The fourth-order valence-corrected chi connectivity index (χ4v) is 3.35. The topological polar surface area (TPSA) is 84.0 Å². The van der Waals surface area contributed by atoms with E-state index in [1.807, 2.05) is 6.92 Å². The first kappa shape index (κ1) is 15.7. The number of aromatic nitrogens is 2. The van der Waals surface area contributed by atoms with Crippen molar-refractivity contribution in [2.45, 2.75) is 18.2 Å². The number of halogens is 1. The van der Waals surface area contributed by atoms with Crippen LogP contribution in [0, 0.1) is 0 Å². The molecule has 2 heterocycles. The monoisotopic (exact) mass is 370 g/mol. The van der Waals surface area contributed by atoms with Gasteiger partial charge in [-0.05, 0) is 34.5 Å². The quantitative estimate of drug-likeness (QED) is 0.816. The van der Waals surface area contributed by atoms with Crippen molar-refractivity contribution in [1.29, 1.82) is 0 Å². The van der Waals surface area contributed by atoms with Crippen molar-refractivity contribution >= 4 is 37.3 Å². The number of anilines is 2.